The van der Waals surface area contributed by atoms with E-state index in [1.165, 1.54) is 18.2 Å². The number of benzene rings is 1. The molecule has 3 aromatic rings. The van der Waals surface area contributed by atoms with Crippen molar-refractivity contribution in [2.75, 3.05) is 5.75 Å². The van der Waals surface area contributed by atoms with Gasteiger partial charge >= 0.3 is 5.97 Å². The van der Waals surface area contributed by atoms with Crippen molar-refractivity contribution in [2.45, 2.75) is 55.8 Å². The molecule has 158 valence electrons. The zero-order valence-corrected chi connectivity index (χ0v) is 17.3. The number of hydrogen-bond donors (Lipinski definition) is 3. The molecule has 1 aromatic carbocycles. The number of aromatic amines is 1. The van der Waals surface area contributed by atoms with Crippen LogP contribution in [0.25, 0.3) is 10.9 Å². The minimum atomic E-state index is -1.06. The molecule has 1 amide bonds. The van der Waals surface area contributed by atoms with E-state index in [0.29, 0.717) is 5.16 Å². The number of hydrogen-bond acceptors (Lipinski definition) is 6. The summed E-state index contributed by atoms with van der Waals surface area (Å²) in [5, 5.41) is 25.7. The standard InChI is InChI=1S/C20H24N6O3S/c27-18(12-30-20-23-24-25-26(20)14-6-2-1-3-7-14)22-17(19(28)29)10-13-11-21-16-9-5-4-8-15(13)16/h4-5,8-9,11,14,17,21H,1-3,6-7,10,12H2,(H,22,27)(H,28,29). The Labute approximate surface area is 177 Å². The zero-order valence-electron chi connectivity index (χ0n) is 16.5. The fourth-order valence-electron chi connectivity index (χ4n) is 3.92. The number of aromatic nitrogens is 5. The van der Waals surface area contributed by atoms with Crippen LogP contribution < -0.4 is 5.32 Å². The van der Waals surface area contributed by atoms with Gasteiger partial charge in [-0.3, -0.25) is 4.79 Å². The van der Waals surface area contributed by atoms with Gasteiger partial charge < -0.3 is 15.4 Å². The lowest BCUT2D eigenvalue weighted by Gasteiger charge is -2.22. The van der Waals surface area contributed by atoms with E-state index in [1.54, 1.807) is 10.9 Å². The van der Waals surface area contributed by atoms with E-state index in [2.05, 4.69) is 25.8 Å². The number of tetrazole rings is 1. The first kappa shape index (κ1) is 20.4. The van der Waals surface area contributed by atoms with Crippen molar-refractivity contribution in [2.24, 2.45) is 0 Å². The number of aliphatic carboxylic acids is 1. The molecule has 0 spiro atoms. The third-order valence-electron chi connectivity index (χ3n) is 5.45. The third kappa shape index (κ3) is 4.64. The van der Waals surface area contributed by atoms with Gasteiger partial charge in [-0.25, -0.2) is 9.48 Å². The molecule has 3 N–H and O–H groups in total. The quantitative estimate of drug-likeness (QED) is 0.471. The number of nitrogens with zero attached hydrogens (tertiary/aromatic N) is 4. The minimum Gasteiger partial charge on any atom is -0.480 e. The maximum Gasteiger partial charge on any atom is 0.326 e. The minimum absolute atomic E-state index is 0.0603. The Kier molecular flexibility index (Phi) is 6.32. The van der Waals surface area contributed by atoms with E-state index in [-0.39, 0.29) is 24.1 Å². The Balaban J connectivity index is 1.36. The maximum atomic E-state index is 12.5. The molecular formula is C20H24N6O3S. The van der Waals surface area contributed by atoms with Crippen molar-refractivity contribution in [3.05, 3.63) is 36.0 Å². The summed E-state index contributed by atoms with van der Waals surface area (Å²) >= 11 is 1.24. The Morgan fingerprint density at radius 2 is 2.07 bits per heavy atom. The van der Waals surface area contributed by atoms with Gasteiger partial charge in [0.1, 0.15) is 6.04 Å². The zero-order chi connectivity index (χ0) is 20.9. The van der Waals surface area contributed by atoms with Crippen molar-refractivity contribution < 1.29 is 14.7 Å². The fourth-order valence-corrected chi connectivity index (χ4v) is 4.68. The van der Waals surface area contributed by atoms with Crippen LogP contribution in [0.3, 0.4) is 0 Å². The van der Waals surface area contributed by atoms with Crippen molar-refractivity contribution in [3.63, 3.8) is 0 Å². The Bertz CT molecular complexity index is 1030. The fraction of sp³-hybridized carbons (Fsp3) is 0.450. The summed E-state index contributed by atoms with van der Waals surface area (Å²) in [4.78, 5) is 27.3. The van der Waals surface area contributed by atoms with Crippen LogP contribution >= 0.6 is 11.8 Å². The van der Waals surface area contributed by atoms with Crippen molar-refractivity contribution >= 4 is 34.5 Å². The van der Waals surface area contributed by atoms with Crippen molar-refractivity contribution in [1.29, 1.82) is 0 Å². The first-order valence-corrected chi connectivity index (χ1v) is 11.1. The third-order valence-corrected chi connectivity index (χ3v) is 6.38. The summed E-state index contributed by atoms with van der Waals surface area (Å²) in [6, 6.07) is 6.95. The van der Waals surface area contributed by atoms with Gasteiger partial charge in [-0.1, -0.05) is 49.2 Å². The van der Waals surface area contributed by atoms with Crippen LogP contribution in [-0.4, -0.2) is 54.0 Å². The van der Waals surface area contributed by atoms with Gasteiger partial charge in [0.25, 0.3) is 0 Å². The number of rotatable bonds is 8. The molecule has 2 heterocycles. The second-order valence-corrected chi connectivity index (χ2v) is 8.45. The largest absolute Gasteiger partial charge is 0.480 e. The molecule has 0 aliphatic heterocycles. The van der Waals surface area contributed by atoms with Crippen LogP contribution in [0.2, 0.25) is 0 Å². The Morgan fingerprint density at radius 3 is 2.87 bits per heavy atom. The summed E-state index contributed by atoms with van der Waals surface area (Å²) < 4.78 is 1.80. The number of H-pyrrole nitrogens is 1. The van der Waals surface area contributed by atoms with E-state index < -0.39 is 12.0 Å². The number of thioether (sulfide) groups is 1. The van der Waals surface area contributed by atoms with Gasteiger partial charge in [0.15, 0.2) is 0 Å². The van der Waals surface area contributed by atoms with Gasteiger partial charge in [0.2, 0.25) is 11.1 Å². The van der Waals surface area contributed by atoms with E-state index in [4.69, 9.17) is 0 Å². The number of carbonyl (C=O) groups excluding carboxylic acids is 1. The predicted molar refractivity (Wildman–Crippen MR) is 112 cm³/mol. The highest BCUT2D eigenvalue weighted by atomic mass is 32.2. The molecule has 0 bridgehead atoms. The van der Waals surface area contributed by atoms with E-state index >= 15 is 0 Å². The lowest BCUT2D eigenvalue weighted by molar-refractivity contribution is -0.141. The summed E-state index contributed by atoms with van der Waals surface area (Å²) in [6.07, 6.45) is 7.62. The lowest BCUT2D eigenvalue weighted by Crippen LogP contribution is -2.43. The summed E-state index contributed by atoms with van der Waals surface area (Å²) in [6.45, 7) is 0. The molecule has 9 nitrogen and oxygen atoms in total. The number of carboxylic acids is 1. The molecule has 2 aromatic heterocycles. The Hall–Kier alpha value is -2.88. The maximum absolute atomic E-state index is 12.5. The molecule has 4 rings (SSSR count). The first-order chi connectivity index (χ1) is 14.6. The summed E-state index contributed by atoms with van der Waals surface area (Å²) in [5.41, 5.74) is 1.79. The number of carbonyl (C=O) groups is 2. The number of amides is 1. The van der Waals surface area contributed by atoms with Crippen LogP contribution in [0.4, 0.5) is 0 Å². The highest BCUT2D eigenvalue weighted by Gasteiger charge is 2.24. The van der Waals surface area contributed by atoms with E-state index in [0.717, 1.165) is 42.1 Å². The Morgan fingerprint density at radius 1 is 1.27 bits per heavy atom. The topological polar surface area (TPSA) is 126 Å². The monoisotopic (exact) mass is 428 g/mol. The van der Waals surface area contributed by atoms with Crippen LogP contribution in [0.5, 0.6) is 0 Å². The highest BCUT2D eigenvalue weighted by Crippen LogP contribution is 2.30. The first-order valence-electron chi connectivity index (χ1n) is 10.1. The van der Waals surface area contributed by atoms with Gasteiger partial charge in [-0.05, 0) is 34.9 Å². The smallest absolute Gasteiger partial charge is 0.326 e. The normalized spacial score (nSPS) is 15.9. The predicted octanol–water partition coefficient (Wildman–Crippen LogP) is 2.56. The second kappa shape index (κ2) is 9.29. The van der Waals surface area contributed by atoms with Crippen LogP contribution in [-0.2, 0) is 16.0 Å². The second-order valence-electron chi connectivity index (χ2n) is 7.51. The van der Waals surface area contributed by atoms with Crippen LogP contribution in [0.1, 0.15) is 43.7 Å². The molecule has 30 heavy (non-hydrogen) atoms. The van der Waals surface area contributed by atoms with Crippen LogP contribution in [0.15, 0.2) is 35.6 Å². The van der Waals surface area contributed by atoms with Crippen LogP contribution in [0, 0.1) is 0 Å². The van der Waals surface area contributed by atoms with E-state index in [9.17, 15) is 14.7 Å². The average Bonchev–Trinajstić information content (AvgIpc) is 3.39. The van der Waals surface area contributed by atoms with Crippen molar-refractivity contribution in [3.8, 4) is 0 Å². The molecule has 1 unspecified atom stereocenters. The molecular weight excluding hydrogens is 404 g/mol. The SMILES string of the molecule is O=C(CSc1nnnn1C1CCCCC1)NC(Cc1c[nH]c2ccccc12)C(=O)O. The number of fused-ring (bicyclic) bond motifs is 1. The molecule has 0 saturated heterocycles. The van der Waals surface area contributed by atoms with Gasteiger partial charge in [0.05, 0.1) is 11.8 Å². The summed E-state index contributed by atoms with van der Waals surface area (Å²) in [7, 11) is 0. The van der Waals surface area contributed by atoms with Gasteiger partial charge in [-0.2, -0.15) is 0 Å². The molecule has 10 heteroatoms. The van der Waals surface area contributed by atoms with Gasteiger partial charge in [0, 0.05) is 23.5 Å². The molecule has 1 fully saturated rings. The molecule has 1 atom stereocenters. The molecule has 1 aliphatic rings. The molecule has 1 saturated carbocycles. The highest BCUT2D eigenvalue weighted by molar-refractivity contribution is 7.99. The molecule has 0 radical (unpaired) electrons. The average molecular weight is 429 g/mol. The van der Waals surface area contributed by atoms with Crippen molar-refractivity contribution in [1.82, 2.24) is 30.5 Å². The molecule has 1 aliphatic carbocycles. The number of para-hydroxylation sites is 1. The number of carboxylic acid groups (broad SMARTS) is 1. The lowest BCUT2D eigenvalue weighted by atomic mass is 9.96. The number of nitrogens with one attached hydrogen (secondary N) is 2. The summed E-state index contributed by atoms with van der Waals surface area (Å²) in [5.74, 6) is -1.36. The van der Waals surface area contributed by atoms with E-state index in [1.807, 2.05) is 24.3 Å². The van der Waals surface area contributed by atoms with Gasteiger partial charge in [-0.15, -0.1) is 5.10 Å².